The molecule has 21 heavy (non-hydrogen) atoms. The molecule has 3 nitrogen and oxygen atoms in total. The molecule has 1 aliphatic rings. The Morgan fingerprint density at radius 3 is 2.19 bits per heavy atom. The summed E-state index contributed by atoms with van der Waals surface area (Å²) in [7, 11) is 0. The standard InChI is InChI=1S/C18H16N2O/c19-18(21)16-12-7-13-20(15-10-5-2-6-11-15)17(16)14-8-3-1-4-9-14/h1-12H,13H2,(H2,19,21). The van der Waals surface area contributed by atoms with Gasteiger partial charge in [0.1, 0.15) is 0 Å². The van der Waals surface area contributed by atoms with Gasteiger partial charge >= 0.3 is 0 Å². The van der Waals surface area contributed by atoms with E-state index in [0.717, 1.165) is 16.9 Å². The number of carbonyl (C=O) groups excluding carboxylic acids is 1. The minimum Gasteiger partial charge on any atom is -0.366 e. The molecule has 0 saturated heterocycles. The molecule has 0 radical (unpaired) electrons. The van der Waals surface area contributed by atoms with Crippen LogP contribution < -0.4 is 10.6 Å². The minimum absolute atomic E-state index is 0.411. The number of hydrogen-bond donors (Lipinski definition) is 1. The van der Waals surface area contributed by atoms with Crippen LogP contribution in [0.4, 0.5) is 5.69 Å². The van der Waals surface area contributed by atoms with Crippen molar-refractivity contribution in [1.29, 1.82) is 0 Å². The maximum atomic E-state index is 11.8. The number of benzene rings is 2. The average Bonchev–Trinajstić information content (AvgIpc) is 2.55. The van der Waals surface area contributed by atoms with Crippen LogP contribution in [0.5, 0.6) is 0 Å². The first-order valence-corrected chi connectivity index (χ1v) is 6.86. The number of anilines is 1. The fourth-order valence-electron chi connectivity index (χ4n) is 2.54. The van der Waals surface area contributed by atoms with Crippen molar-refractivity contribution in [3.63, 3.8) is 0 Å². The first-order valence-electron chi connectivity index (χ1n) is 6.86. The number of nitrogens with two attached hydrogens (primary N) is 1. The summed E-state index contributed by atoms with van der Waals surface area (Å²) < 4.78 is 0. The molecule has 1 aliphatic heterocycles. The molecule has 2 N–H and O–H groups in total. The molecule has 2 aromatic carbocycles. The topological polar surface area (TPSA) is 46.3 Å². The number of hydrogen-bond acceptors (Lipinski definition) is 2. The van der Waals surface area contributed by atoms with Gasteiger partial charge in [-0.3, -0.25) is 4.79 Å². The number of rotatable bonds is 3. The predicted molar refractivity (Wildman–Crippen MR) is 85.5 cm³/mol. The first kappa shape index (κ1) is 13.2. The number of para-hydroxylation sites is 1. The lowest BCUT2D eigenvalue weighted by Gasteiger charge is -2.30. The quantitative estimate of drug-likeness (QED) is 0.936. The van der Waals surface area contributed by atoms with Crippen molar-refractivity contribution in [2.24, 2.45) is 5.73 Å². The van der Waals surface area contributed by atoms with Gasteiger partial charge in [-0.05, 0) is 23.8 Å². The van der Waals surface area contributed by atoms with Crippen LogP contribution in [0.3, 0.4) is 0 Å². The highest BCUT2D eigenvalue weighted by molar-refractivity contribution is 6.06. The van der Waals surface area contributed by atoms with Gasteiger partial charge in [-0.2, -0.15) is 0 Å². The van der Waals surface area contributed by atoms with Gasteiger partial charge in [0.2, 0.25) is 0 Å². The summed E-state index contributed by atoms with van der Waals surface area (Å²) in [6.07, 6.45) is 3.77. The highest BCUT2D eigenvalue weighted by Gasteiger charge is 2.22. The Morgan fingerprint density at radius 1 is 0.952 bits per heavy atom. The molecule has 104 valence electrons. The number of amides is 1. The molecule has 0 saturated carbocycles. The first-order chi connectivity index (χ1) is 10.3. The molecule has 2 aromatic rings. The summed E-state index contributed by atoms with van der Waals surface area (Å²) >= 11 is 0. The third-order valence-corrected chi connectivity index (χ3v) is 3.48. The average molecular weight is 276 g/mol. The normalized spacial score (nSPS) is 14.4. The second kappa shape index (κ2) is 5.67. The largest absolute Gasteiger partial charge is 0.366 e. The maximum Gasteiger partial charge on any atom is 0.250 e. The van der Waals surface area contributed by atoms with E-state index >= 15 is 0 Å². The van der Waals surface area contributed by atoms with Crippen LogP contribution in [0.15, 0.2) is 78.4 Å². The van der Waals surface area contributed by atoms with Crippen LogP contribution in [0.25, 0.3) is 5.70 Å². The predicted octanol–water partition coefficient (Wildman–Crippen LogP) is 2.96. The third kappa shape index (κ3) is 2.58. The van der Waals surface area contributed by atoms with Gasteiger partial charge in [0.15, 0.2) is 0 Å². The molecule has 1 amide bonds. The van der Waals surface area contributed by atoms with Crippen molar-refractivity contribution < 1.29 is 4.79 Å². The maximum absolute atomic E-state index is 11.8. The van der Waals surface area contributed by atoms with Gasteiger partial charge in [0.25, 0.3) is 5.91 Å². The number of primary amides is 1. The van der Waals surface area contributed by atoms with Crippen LogP contribution in [0, 0.1) is 0 Å². The molecule has 1 heterocycles. The van der Waals surface area contributed by atoms with Gasteiger partial charge in [0.05, 0.1) is 11.3 Å². The van der Waals surface area contributed by atoms with Crippen molar-refractivity contribution in [2.45, 2.75) is 0 Å². The zero-order valence-corrected chi connectivity index (χ0v) is 11.6. The van der Waals surface area contributed by atoms with Crippen molar-refractivity contribution in [3.8, 4) is 0 Å². The summed E-state index contributed by atoms with van der Waals surface area (Å²) in [5, 5.41) is 0. The molecule has 0 aromatic heterocycles. The van der Waals surface area contributed by atoms with Crippen LogP contribution in [-0.4, -0.2) is 12.5 Å². The number of carbonyl (C=O) groups is 1. The Bertz CT molecular complexity index is 703. The van der Waals surface area contributed by atoms with Crippen molar-refractivity contribution in [1.82, 2.24) is 0 Å². The van der Waals surface area contributed by atoms with E-state index in [1.807, 2.05) is 72.8 Å². The third-order valence-electron chi connectivity index (χ3n) is 3.48. The summed E-state index contributed by atoms with van der Waals surface area (Å²) in [6.45, 7) is 0.713. The van der Waals surface area contributed by atoms with Gasteiger partial charge in [-0.25, -0.2) is 0 Å². The Kier molecular flexibility index (Phi) is 3.56. The molecule has 0 aliphatic carbocycles. The van der Waals surface area contributed by atoms with Gasteiger partial charge < -0.3 is 10.6 Å². The Labute approximate surface area is 124 Å². The smallest absolute Gasteiger partial charge is 0.250 e. The van der Waals surface area contributed by atoms with Crippen molar-refractivity contribution in [2.75, 3.05) is 11.4 Å². The second-order valence-electron chi connectivity index (χ2n) is 4.84. The van der Waals surface area contributed by atoms with Crippen LogP contribution in [-0.2, 0) is 4.79 Å². The SMILES string of the molecule is NC(=O)C1=C(c2ccccc2)N(c2ccccc2)CC=C1. The van der Waals surface area contributed by atoms with Crippen LogP contribution >= 0.6 is 0 Å². The zero-order chi connectivity index (χ0) is 14.7. The van der Waals surface area contributed by atoms with E-state index < -0.39 is 5.91 Å². The molecule has 0 fully saturated rings. The van der Waals surface area contributed by atoms with E-state index in [1.54, 1.807) is 0 Å². The molecular formula is C18H16N2O. The summed E-state index contributed by atoms with van der Waals surface area (Å²) in [5.74, 6) is -0.411. The van der Waals surface area contributed by atoms with Gasteiger partial charge in [0, 0.05) is 12.2 Å². The summed E-state index contributed by atoms with van der Waals surface area (Å²) in [4.78, 5) is 13.9. The van der Waals surface area contributed by atoms with E-state index in [1.165, 1.54) is 0 Å². The van der Waals surface area contributed by atoms with Gasteiger partial charge in [-0.15, -0.1) is 0 Å². The van der Waals surface area contributed by atoms with Crippen LogP contribution in [0.2, 0.25) is 0 Å². The Morgan fingerprint density at radius 2 is 1.57 bits per heavy atom. The van der Waals surface area contributed by atoms with Crippen LogP contribution in [0.1, 0.15) is 5.56 Å². The fraction of sp³-hybridized carbons (Fsp3) is 0.0556. The molecule has 3 heteroatoms. The highest BCUT2D eigenvalue weighted by Crippen LogP contribution is 2.31. The van der Waals surface area contributed by atoms with E-state index in [2.05, 4.69) is 4.90 Å². The summed E-state index contributed by atoms with van der Waals surface area (Å²) in [6, 6.07) is 19.9. The lowest BCUT2D eigenvalue weighted by molar-refractivity contribution is -0.114. The summed E-state index contributed by atoms with van der Waals surface area (Å²) in [5.41, 5.74) is 8.98. The van der Waals surface area contributed by atoms with E-state index in [4.69, 9.17) is 5.73 Å². The minimum atomic E-state index is -0.411. The molecule has 0 spiro atoms. The van der Waals surface area contributed by atoms with Crippen molar-refractivity contribution in [3.05, 3.63) is 84.0 Å². The zero-order valence-electron chi connectivity index (χ0n) is 11.6. The molecule has 3 rings (SSSR count). The molecule has 0 atom stereocenters. The Hall–Kier alpha value is -2.81. The van der Waals surface area contributed by atoms with Crippen molar-refractivity contribution >= 4 is 17.3 Å². The molecular weight excluding hydrogens is 260 g/mol. The van der Waals surface area contributed by atoms with E-state index in [0.29, 0.717) is 12.1 Å². The van der Waals surface area contributed by atoms with E-state index in [9.17, 15) is 4.79 Å². The number of nitrogens with zero attached hydrogens (tertiary/aromatic N) is 1. The Balaban J connectivity index is 2.17. The second-order valence-corrected chi connectivity index (χ2v) is 4.84. The van der Waals surface area contributed by atoms with E-state index in [-0.39, 0.29) is 0 Å². The monoisotopic (exact) mass is 276 g/mol. The molecule has 0 unspecified atom stereocenters. The molecule has 0 bridgehead atoms. The lowest BCUT2D eigenvalue weighted by atomic mass is 10.0. The van der Waals surface area contributed by atoms with Gasteiger partial charge in [-0.1, -0.05) is 54.6 Å². The fourth-order valence-corrected chi connectivity index (χ4v) is 2.54. The lowest BCUT2D eigenvalue weighted by Crippen LogP contribution is -2.29. The highest BCUT2D eigenvalue weighted by atomic mass is 16.1.